The summed E-state index contributed by atoms with van der Waals surface area (Å²) in [6.45, 7) is 0. The molecule has 2 aromatic rings. The second-order valence-electron chi connectivity index (χ2n) is 7.37. The van der Waals surface area contributed by atoms with Crippen LogP contribution in [0, 0.1) is 0 Å². The van der Waals surface area contributed by atoms with E-state index in [1.807, 2.05) is 29.2 Å². The van der Waals surface area contributed by atoms with E-state index in [2.05, 4.69) is 20.3 Å². The predicted octanol–water partition coefficient (Wildman–Crippen LogP) is 2.34. The van der Waals surface area contributed by atoms with Crippen molar-refractivity contribution in [3.8, 4) is 11.5 Å². The normalized spacial score (nSPS) is 17.8. The minimum Gasteiger partial charge on any atom is -0.457 e. The first-order valence-electron chi connectivity index (χ1n) is 9.96. The Bertz CT molecular complexity index is 995. The maximum Gasteiger partial charge on any atom is 0.269 e. The van der Waals surface area contributed by atoms with Gasteiger partial charge in [0.25, 0.3) is 5.91 Å². The lowest BCUT2D eigenvalue weighted by molar-refractivity contribution is 0.0958. The molecule has 2 aliphatic rings. The Morgan fingerprint density at radius 3 is 2.53 bits per heavy atom. The number of anilines is 1. The van der Waals surface area contributed by atoms with E-state index in [0.29, 0.717) is 23.2 Å². The lowest BCUT2D eigenvalue weighted by Gasteiger charge is -2.45. The van der Waals surface area contributed by atoms with Gasteiger partial charge in [-0.3, -0.25) is 14.7 Å². The average molecular weight is 407 g/mol. The van der Waals surface area contributed by atoms with Gasteiger partial charge in [-0.25, -0.2) is 4.99 Å². The van der Waals surface area contributed by atoms with Gasteiger partial charge in [0.2, 0.25) is 11.9 Å². The number of hydrogen-bond donors (Lipinski definition) is 3. The van der Waals surface area contributed by atoms with E-state index in [1.165, 1.54) is 12.6 Å². The SMILES string of the molecule is CNC(=O)c1cc(Oc2ccc(N3C(N)=NC(N)=NC34CCCCC4)cc2)ccn1. The van der Waals surface area contributed by atoms with E-state index in [0.717, 1.165) is 31.4 Å². The smallest absolute Gasteiger partial charge is 0.269 e. The number of guanidine groups is 2. The summed E-state index contributed by atoms with van der Waals surface area (Å²) < 4.78 is 5.89. The third-order valence-electron chi connectivity index (χ3n) is 5.37. The molecule has 0 unspecified atom stereocenters. The molecular formula is C21H25N7O2. The number of hydrogen-bond acceptors (Lipinski definition) is 8. The number of pyridine rings is 1. The van der Waals surface area contributed by atoms with Crippen LogP contribution in [0.4, 0.5) is 5.69 Å². The molecule has 5 N–H and O–H groups in total. The zero-order chi connectivity index (χ0) is 21.1. The lowest BCUT2D eigenvalue weighted by atomic mass is 9.87. The fourth-order valence-corrected chi connectivity index (χ4v) is 4.02. The van der Waals surface area contributed by atoms with Crippen LogP contribution in [-0.4, -0.2) is 35.5 Å². The minimum atomic E-state index is -0.482. The minimum absolute atomic E-state index is 0.232. The second kappa shape index (κ2) is 8.02. The largest absolute Gasteiger partial charge is 0.457 e. The second-order valence-corrected chi connectivity index (χ2v) is 7.37. The fourth-order valence-electron chi connectivity index (χ4n) is 4.02. The van der Waals surface area contributed by atoms with Gasteiger partial charge in [0, 0.05) is 25.0 Å². The lowest BCUT2D eigenvalue weighted by Crippen LogP contribution is -2.58. The van der Waals surface area contributed by atoms with Gasteiger partial charge < -0.3 is 21.5 Å². The summed E-state index contributed by atoms with van der Waals surface area (Å²) in [6, 6.07) is 10.8. The first-order valence-corrected chi connectivity index (χ1v) is 9.96. The van der Waals surface area contributed by atoms with Crippen molar-refractivity contribution < 1.29 is 9.53 Å². The van der Waals surface area contributed by atoms with Crippen LogP contribution in [0.25, 0.3) is 0 Å². The topological polar surface area (TPSA) is 131 Å². The van der Waals surface area contributed by atoms with Crippen LogP contribution >= 0.6 is 0 Å². The number of aliphatic imine (C=N–C) groups is 2. The molecule has 1 aliphatic carbocycles. The number of aromatic nitrogens is 1. The standard InChI is InChI=1S/C21H25N7O2/c1-24-18(29)17-13-16(9-12-25-17)30-15-7-5-14(6-8-15)28-20(23)26-19(22)27-21(28)10-3-2-4-11-21/h5-9,12-13H,2-4,10-11H2,1H3,(H,24,29)(H4,22,23,26,27). The van der Waals surface area contributed by atoms with Crippen molar-refractivity contribution in [3.63, 3.8) is 0 Å². The van der Waals surface area contributed by atoms with Crippen molar-refractivity contribution in [1.29, 1.82) is 0 Å². The number of nitrogens with two attached hydrogens (primary N) is 2. The summed E-state index contributed by atoms with van der Waals surface area (Å²) in [6.07, 6.45) is 6.60. The highest BCUT2D eigenvalue weighted by molar-refractivity contribution is 6.05. The van der Waals surface area contributed by atoms with Crippen molar-refractivity contribution in [3.05, 3.63) is 48.3 Å². The number of ether oxygens (including phenoxy) is 1. The van der Waals surface area contributed by atoms with Crippen LogP contribution in [-0.2, 0) is 0 Å². The molecule has 0 bridgehead atoms. The van der Waals surface area contributed by atoms with Gasteiger partial charge in [-0.2, -0.15) is 4.99 Å². The van der Waals surface area contributed by atoms with Crippen LogP contribution in [0.5, 0.6) is 11.5 Å². The molecule has 0 saturated heterocycles. The molecule has 9 nitrogen and oxygen atoms in total. The van der Waals surface area contributed by atoms with Gasteiger partial charge in [-0.05, 0) is 56.0 Å². The van der Waals surface area contributed by atoms with Crippen LogP contribution in [0.1, 0.15) is 42.6 Å². The fraction of sp³-hybridized carbons (Fsp3) is 0.333. The van der Waals surface area contributed by atoms with Crippen molar-refractivity contribution in [1.82, 2.24) is 10.3 Å². The third kappa shape index (κ3) is 3.78. The zero-order valence-electron chi connectivity index (χ0n) is 16.8. The van der Waals surface area contributed by atoms with Crippen molar-refractivity contribution in [2.45, 2.75) is 37.8 Å². The molecule has 1 amide bonds. The van der Waals surface area contributed by atoms with E-state index in [9.17, 15) is 4.79 Å². The Morgan fingerprint density at radius 2 is 1.83 bits per heavy atom. The Morgan fingerprint density at radius 1 is 1.10 bits per heavy atom. The van der Waals surface area contributed by atoms with Crippen LogP contribution in [0.15, 0.2) is 52.6 Å². The van der Waals surface area contributed by atoms with Gasteiger partial charge >= 0.3 is 0 Å². The van der Waals surface area contributed by atoms with Gasteiger partial charge in [0.15, 0.2) is 0 Å². The maximum atomic E-state index is 11.8. The van der Waals surface area contributed by atoms with Crippen molar-refractivity contribution in [2.24, 2.45) is 21.5 Å². The summed E-state index contributed by atoms with van der Waals surface area (Å²) in [4.78, 5) is 26.6. The first kappa shape index (κ1) is 19.7. The van der Waals surface area contributed by atoms with Gasteiger partial charge in [0.05, 0.1) is 0 Å². The van der Waals surface area contributed by atoms with E-state index in [1.54, 1.807) is 19.2 Å². The monoisotopic (exact) mass is 407 g/mol. The van der Waals surface area contributed by atoms with E-state index in [4.69, 9.17) is 16.2 Å². The van der Waals surface area contributed by atoms with E-state index < -0.39 is 5.66 Å². The number of carbonyl (C=O) groups is 1. The number of amides is 1. The molecule has 0 atom stereocenters. The van der Waals surface area contributed by atoms with Crippen molar-refractivity contribution >= 4 is 23.5 Å². The molecule has 1 aromatic heterocycles. The molecule has 156 valence electrons. The molecule has 30 heavy (non-hydrogen) atoms. The molecule has 9 heteroatoms. The number of nitrogens with zero attached hydrogens (tertiary/aromatic N) is 4. The quantitative estimate of drug-likeness (QED) is 0.713. The molecule has 1 saturated carbocycles. The van der Waals surface area contributed by atoms with Crippen LogP contribution in [0.2, 0.25) is 0 Å². The highest BCUT2D eigenvalue weighted by Crippen LogP contribution is 2.40. The molecule has 4 rings (SSSR count). The molecule has 1 fully saturated rings. The van der Waals surface area contributed by atoms with Crippen molar-refractivity contribution in [2.75, 3.05) is 11.9 Å². The zero-order valence-corrected chi connectivity index (χ0v) is 16.8. The maximum absolute atomic E-state index is 11.8. The van der Waals surface area contributed by atoms with Crippen LogP contribution < -0.4 is 26.4 Å². The highest BCUT2D eigenvalue weighted by Gasteiger charge is 2.42. The Balaban J connectivity index is 1.57. The number of rotatable bonds is 4. The van der Waals surface area contributed by atoms with Gasteiger partial charge in [0.1, 0.15) is 22.9 Å². The van der Waals surface area contributed by atoms with E-state index in [-0.39, 0.29) is 11.9 Å². The highest BCUT2D eigenvalue weighted by atomic mass is 16.5. The molecular weight excluding hydrogens is 382 g/mol. The number of nitrogens with one attached hydrogen (secondary N) is 1. The van der Waals surface area contributed by atoms with E-state index >= 15 is 0 Å². The first-order chi connectivity index (χ1) is 14.5. The molecule has 2 heterocycles. The molecule has 1 aliphatic heterocycles. The molecule has 1 aromatic carbocycles. The Labute approximate surface area is 174 Å². The Kier molecular flexibility index (Phi) is 5.26. The average Bonchev–Trinajstić information content (AvgIpc) is 2.74. The summed E-state index contributed by atoms with van der Waals surface area (Å²) >= 11 is 0. The van der Waals surface area contributed by atoms with Gasteiger partial charge in [-0.1, -0.05) is 6.42 Å². The number of benzene rings is 1. The van der Waals surface area contributed by atoms with Crippen LogP contribution in [0.3, 0.4) is 0 Å². The molecule has 0 radical (unpaired) electrons. The summed E-state index contributed by atoms with van der Waals surface area (Å²) in [5.74, 6) is 1.46. The third-order valence-corrected chi connectivity index (χ3v) is 5.37. The summed E-state index contributed by atoms with van der Waals surface area (Å²) in [5.41, 5.74) is 12.9. The number of carbonyl (C=O) groups excluding carboxylic acids is 1. The van der Waals surface area contributed by atoms with Gasteiger partial charge in [-0.15, -0.1) is 0 Å². The summed E-state index contributed by atoms with van der Waals surface area (Å²) in [7, 11) is 1.56. The Hall–Kier alpha value is -3.62. The predicted molar refractivity (Wildman–Crippen MR) is 116 cm³/mol. The summed E-state index contributed by atoms with van der Waals surface area (Å²) in [5, 5.41) is 2.55. The molecule has 1 spiro atoms.